The molecule has 0 aliphatic heterocycles. The second kappa shape index (κ2) is 4.05. The van der Waals surface area contributed by atoms with Crippen molar-refractivity contribution in [3.8, 4) is 0 Å². The highest BCUT2D eigenvalue weighted by Crippen LogP contribution is 2.21. The minimum atomic E-state index is 0.536. The van der Waals surface area contributed by atoms with Crippen LogP contribution in [-0.2, 0) is 20.0 Å². The zero-order valence-electron chi connectivity index (χ0n) is 7.47. The van der Waals surface area contributed by atoms with Crippen LogP contribution in [0.4, 0.5) is 0 Å². The number of nitrogens with two attached hydrogens (primary N) is 1. The first kappa shape index (κ1) is 9.74. The average Bonchev–Trinajstić information content (AvgIpc) is 2.29. The summed E-state index contributed by atoms with van der Waals surface area (Å²) in [4.78, 5) is 0. The van der Waals surface area contributed by atoms with Gasteiger partial charge >= 0.3 is 0 Å². The molecule has 0 fully saturated rings. The second-order valence-electron chi connectivity index (χ2n) is 2.79. The number of aromatic nitrogens is 2. The van der Waals surface area contributed by atoms with E-state index in [1.54, 1.807) is 0 Å². The quantitative estimate of drug-likeness (QED) is 0.860. The number of aryl methyl sites for hydroxylation is 2. The Hall–Kier alpha value is -0.350. The van der Waals surface area contributed by atoms with Gasteiger partial charge in [-0.3, -0.25) is 4.68 Å². The molecule has 0 saturated carbocycles. The molecule has 12 heavy (non-hydrogen) atoms. The molecular weight excluding hydrogens is 218 g/mol. The van der Waals surface area contributed by atoms with Crippen LogP contribution in [0.1, 0.15) is 24.7 Å². The van der Waals surface area contributed by atoms with Crippen LogP contribution < -0.4 is 5.73 Å². The predicted molar refractivity (Wildman–Crippen MR) is 52.8 cm³/mol. The predicted octanol–water partition coefficient (Wildman–Crippen LogP) is 1.59. The van der Waals surface area contributed by atoms with Crippen molar-refractivity contribution in [1.29, 1.82) is 0 Å². The SMILES string of the molecule is CCCc1nn(C)c(CN)c1Br. The second-order valence-corrected chi connectivity index (χ2v) is 3.58. The summed E-state index contributed by atoms with van der Waals surface area (Å²) in [5.41, 5.74) is 7.75. The fourth-order valence-corrected chi connectivity index (χ4v) is 1.91. The van der Waals surface area contributed by atoms with Gasteiger partial charge in [0.2, 0.25) is 0 Å². The Bertz CT molecular complexity index is 268. The van der Waals surface area contributed by atoms with Gasteiger partial charge in [-0.2, -0.15) is 5.10 Å². The fraction of sp³-hybridized carbons (Fsp3) is 0.625. The molecule has 3 nitrogen and oxygen atoms in total. The van der Waals surface area contributed by atoms with Crippen molar-refractivity contribution >= 4 is 15.9 Å². The number of nitrogens with zero attached hydrogens (tertiary/aromatic N) is 2. The molecule has 0 saturated heterocycles. The molecular formula is C8H14BrN3. The van der Waals surface area contributed by atoms with Crippen LogP contribution in [0.15, 0.2) is 4.47 Å². The van der Waals surface area contributed by atoms with Gasteiger partial charge < -0.3 is 5.73 Å². The summed E-state index contributed by atoms with van der Waals surface area (Å²) < 4.78 is 2.92. The molecule has 0 spiro atoms. The van der Waals surface area contributed by atoms with E-state index >= 15 is 0 Å². The van der Waals surface area contributed by atoms with Gasteiger partial charge in [0.25, 0.3) is 0 Å². The lowest BCUT2D eigenvalue weighted by Gasteiger charge is -1.95. The largest absolute Gasteiger partial charge is 0.325 e. The summed E-state index contributed by atoms with van der Waals surface area (Å²) in [6, 6.07) is 0. The smallest absolute Gasteiger partial charge is 0.0769 e. The van der Waals surface area contributed by atoms with E-state index in [1.807, 2.05) is 11.7 Å². The minimum Gasteiger partial charge on any atom is -0.325 e. The molecule has 0 aromatic carbocycles. The van der Waals surface area contributed by atoms with Crippen LogP contribution in [0.3, 0.4) is 0 Å². The van der Waals surface area contributed by atoms with Gasteiger partial charge in [0.1, 0.15) is 0 Å². The zero-order chi connectivity index (χ0) is 9.14. The van der Waals surface area contributed by atoms with Crippen molar-refractivity contribution in [3.05, 3.63) is 15.9 Å². The van der Waals surface area contributed by atoms with Crippen molar-refractivity contribution in [3.63, 3.8) is 0 Å². The maximum atomic E-state index is 5.57. The van der Waals surface area contributed by atoms with E-state index in [1.165, 1.54) is 0 Å². The molecule has 68 valence electrons. The third-order valence-corrected chi connectivity index (χ3v) is 2.76. The van der Waals surface area contributed by atoms with Crippen LogP contribution in [0.25, 0.3) is 0 Å². The van der Waals surface area contributed by atoms with Crippen LogP contribution in [0.2, 0.25) is 0 Å². The van der Waals surface area contributed by atoms with Gasteiger partial charge in [0, 0.05) is 13.6 Å². The first-order chi connectivity index (χ1) is 5.70. The van der Waals surface area contributed by atoms with E-state index < -0.39 is 0 Å². The molecule has 0 aliphatic rings. The molecule has 1 aromatic heterocycles. The fourth-order valence-electron chi connectivity index (χ4n) is 1.21. The Balaban J connectivity index is 3.00. The third kappa shape index (κ3) is 1.69. The van der Waals surface area contributed by atoms with Crippen molar-refractivity contribution in [2.45, 2.75) is 26.3 Å². The van der Waals surface area contributed by atoms with Crippen LogP contribution >= 0.6 is 15.9 Å². The lowest BCUT2D eigenvalue weighted by molar-refractivity contribution is 0.693. The van der Waals surface area contributed by atoms with Gasteiger partial charge in [-0.15, -0.1) is 0 Å². The first-order valence-corrected chi connectivity index (χ1v) is 4.90. The Kier molecular flexibility index (Phi) is 3.29. The number of rotatable bonds is 3. The summed E-state index contributed by atoms with van der Waals surface area (Å²) >= 11 is 3.50. The Morgan fingerprint density at radius 2 is 2.25 bits per heavy atom. The first-order valence-electron chi connectivity index (χ1n) is 4.11. The summed E-state index contributed by atoms with van der Waals surface area (Å²) in [5, 5.41) is 4.36. The third-order valence-electron chi connectivity index (χ3n) is 1.85. The lowest BCUT2D eigenvalue weighted by atomic mass is 10.2. The highest BCUT2D eigenvalue weighted by molar-refractivity contribution is 9.10. The van der Waals surface area contributed by atoms with Crippen LogP contribution in [0, 0.1) is 0 Å². The Morgan fingerprint density at radius 1 is 1.58 bits per heavy atom. The summed E-state index contributed by atoms with van der Waals surface area (Å²) in [6.07, 6.45) is 2.12. The van der Waals surface area contributed by atoms with Crippen molar-refractivity contribution in [1.82, 2.24) is 9.78 Å². The van der Waals surface area contributed by atoms with Gasteiger partial charge in [0.15, 0.2) is 0 Å². The molecule has 0 radical (unpaired) electrons. The highest BCUT2D eigenvalue weighted by Gasteiger charge is 2.10. The maximum Gasteiger partial charge on any atom is 0.0769 e. The molecule has 0 atom stereocenters. The molecule has 1 aromatic rings. The van der Waals surface area contributed by atoms with Gasteiger partial charge in [-0.1, -0.05) is 13.3 Å². The number of halogens is 1. The van der Waals surface area contributed by atoms with E-state index in [9.17, 15) is 0 Å². The van der Waals surface area contributed by atoms with Gasteiger partial charge in [-0.25, -0.2) is 0 Å². The van der Waals surface area contributed by atoms with Crippen molar-refractivity contribution < 1.29 is 0 Å². The summed E-state index contributed by atoms with van der Waals surface area (Å²) in [6.45, 7) is 2.68. The standard InChI is InChI=1S/C8H14BrN3/c1-3-4-6-8(9)7(5-10)12(2)11-6/h3-5,10H2,1-2H3. The number of hydrogen-bond donors (Lipinski definition) is 1. The van der Waals surface area contributed by atoms with Gasteiger partial charge in [-0.05, 0) is 22.4 Å². The van der Waals surface area contributed by atoms with Crippen LogP contribution in [-0.4, -0.2) is 9.78 Å². The van der Waals surface area contributed by atoms with Crippen LogP contribution in [0.5, 0.6) is 0 Å². The molecule has 4 heteroatoms. The van der Waals surface area contributed by atoms with Crippen molar-refractivity contribution in [2.75, 3.05) is 0 Å². The topological polar surface area (TPSA) is 43.8 Å². The molecule has 1 heterocycles. The molecule has 2 N–H and O–H groups in total. The van der Waals surface area contributed by atoms with E-state index in [0.717, 1.165) is 28.7 Å². The Labute approximate surface area is 81.1 Å². The van der Waals surface area contributed by atoms with E-state index in [0.29, 0.717) is 6.54 Å². The molecule has 1 rings (SSSR count). The van der Waals surface area contributed by atoms with Gasteiger partial charge in [0.05, 0.1) is 15.9 Å². The van der Waals surface area contributed by atoms with E-state index in [-0.39, 0.29) is 0 Å². The molecule has 0 aliphatic carbocycles. The average molecular weight is 232 g/mol. The zero-order valence-corrected chi connectivity index (χ0v) is 9.06. The normalized spacial score (nSPS) is 10.7. The molecule has 0 amide bonds. The maximum absolute atomic E-state index is 5.57. The molecule has 0 bridgehead atoms. The minimum absolute atomic E-state index is 0.536. The Morgan fingerprint density at radius 3 is 2.67 bits per heavy atom. The molecule has 0 unspecified atom stereocenters. The van der Waals surface area contributed by atoms with E-state index in [4.69, 9.17) is 5.73 Å². The lowest BCUT2D eigenvalue weighted by Crippen LogP contribution is -2.04. The highest BCUT2D eigenvalue weighted by atomic mass is 79.9. The summed E-state index contributed by atoms with van der Waals surface area (Å²) in [7, 11) is 1.92. The monoisotopic (exact) mass is 231 g/mol. The number of hydrogen-bond acceptors (Lipinski definition) is 2. The summed E-state index contributed by atoms with van der Waals surface area (Å²) in [5.74, 6) is 0. The van der Waals surface area contributed by atoms with Crippen molar-refractivity contribution in [2.24, 2.45) is 12.8 Å². The van der Waals surface area contributed by atoms with E-state index in [2.05, 4.69) is 28.0 Å².